The number of nitrogens with one attached hydrogen (secondary N) is 1. The molecular formula is C11H14N4S. The standard InChI is InChI=1S/C11H14N4S/c1-8-2-4-9(5-3-8)6-10(14-12)11-7-13-16-15-11/h2-5,7,10,14H,6,12H2,1H3. The summed E-state index contributed by atoms with van der Waals surface area (Å²) in [6.45, 7) is 2.08. The van der Waals surface area contributed by atoms with Gasteiger partial charge in [0.05, 0.1) is 29.7 Å². The van der Waals surface area contributed by atoms with Crippen LogP contribution in [0.25, 0.3) is 0 Å². The Kier molecular flexibility index (Phi) is 3.61. The Morgan fingerprint density at radius 1 is 1.38 bits per heavy atom. The first kappa shape index (κ1) is 11.2. The van der Waals surface area contributed by atoms with Crippen molar-refractivity contribution in [3.05, 3.63) is 47.3 Å². The van der Waals surface area contributed by atoms with Crippen molar-refractivity contribution >= 4 is 11.7 Å². The lowest BCUT2D eigenvalue weighted by Gasteiger charge is -2.12. The Balaban J connectivity index is 2.10. The van der Waals surface area contributed by atoms with E-state index in [4.69, 9.17) is 5.84 Å². The lowest BCUT2D eigenvalue weighted by molar-refractivity contribution is 0.542. The van der Waals surface area contributed by atoms with E-state index in [-0.39, 0.29) is 6.04 Å². The van der Waals surface area contributed by atoms with Crippen LogP contribution in [0.4, 0.5) is 0 Å². The number of hydrogen-bond acceptors (Lipinski definition) is 5. The molecule has 16 heavy (non-hydrogen) atoms. The predicted molar refractivity (Wildman–Crippen MR) is 64.9 cm³/mol. The van der Waals surface area contributed by atoms with Crippen molar-refractivity contribution in [3.63, 3.8) is 0 Å². The van der Waals surface area contributed by atoms with E-state index in [1.54, 1.807) is 6.20 Å². The summed E-state index contributed by atoms with van der Waals surface area (Å²) in [7, 11) is 0. The number of nitrogens with zero attached hydrogens (tertiary/aromatic N) is 2. The van der Waals surface area contributed by atoms with Gasteiger partial charge in [-0.05, 0) is 18.9 Å². The highest BCUT2D eigenvalue weighted by molar-refractivity contribution is 6.99. The number of hydrazine groups is 1. The highest BCUT2D eigenvalue weighted by Gasteiger charge is 2.12. The molecule has 5 heteroatoms. The molecule has 0 saturated carbocycles. The van der Waals surface area contributed by atoms with E-state index in [9.17, 15) is 0 Å². The largest absolute Gasteiger partial charge is 0.271 e. The maximum Gasteiger partial charge on any atom is 0.0929 e. The van der Waals surface area contributed by atoms with E-state index >= 15 is 0 Å². The minimum Gasteiger partial charge on any atom is -0.271 e. The zero-order chi connectivity index (χ0) is 11.4. The summed E-state index contributed by atoms with van der Waals surface area (Å²) in [5.74, 6) is 5.53. The molecule has 0 bridgehead atoms. The second-order valence-electron chi connectivity index (χ2n) is 3.74. The van der Waals surface area contributed by atoms with E-state index in [2.05, 4.69) is 45.4 Å². The monoisotopic (exact) mass is 234 g/mol. The van der Waals surface area contributed by atoms with Gasteiger partial charge in [-0.1, -0.05) is 29.8 Å². The molecule has 84 valence electrons. The van der Waals surface area contributed by atoms with Crippen LogP contribution in [0.3, 0.4) is 0 Å². The van der Waals surface area contributed by atoms with E-state index in [0.29, 0.717) is 0 Å². The molecular weight excluding hydrogens is 220 g/mol. The highest BCUT2D eigenvalue weighted by atomic mass is 32.1. The van der Waals surface area contributed by atoms with Crippen LogP contribution in [0, 0.1) is 6.92 Å². The molecule has 0 aliphatic heterocycles. The maximum absolute atomic E-state index is 5.53. The van der Waals surface area contributed by atoms with Gasteiger partial charge in [-0.25, -0.2) is 0 Å². The summed E-state index contributed by atoms with van der Waals surface area (Å²) in [4.78, 5) is 0. The second-order valence-corrected chi connectivity index (χ2v) is 4.30. The molecule has 1 aromatic carbocycles. The molecule has 0 amide bonds. The Morgan fingerprint density at radius 3 is 2.69 bits per heavy atom. The van der Waals surface area contributed by atoms with E-state index in [1.165, 1.54) is 22.9 Å². The summed E-state index contributed by atoms with van der Waals surface area (Å²) in [6.07, 6.45) is 2.57. The van der Waals surface area contributed by atoms with Crippen LogP contribution in [-0.4, -0.2) is 8.75 Å². The van der Waals surface area contributed by atoms with Gasteiger partial charge < -0.3 is 0 Å². The van der Waals surface area contributed by atoms with Crippen molar-refractivity contribution in [1.29, 1.82) is 0 Å². The van der Waals surface area contributed by atoms with E-state index in [0.717, 1.165) is 12.1 Å². The van der Waals surface area contributed by atoms with Crippen LogP contribution < -0.4 is 11.3 Å². The minimum atomic E-state index is 0.0291. The third-order valence-electron chi connectivity index (χ3n) is 2.50. The van der Waals surface area contributed by atoms with Crippen molar-refractivity contribution in [1.82, 2.24) is 14.2 Å². The summed E-state index contributed by atoms with van der Waals surface area (Å²) >= 11 is 1.20. The fraction of sp³-hybridized carbons (Fsp3) is 0.273. The van der Waals surface area contributed by atoms with Gasteiger partial charge in [-0.2, -0.15) is 8.75 Å². The molecule has 1 unspecified atom stereocenters. The fourth-order valence-corrected chi connectivity index (χ4v) is 2.01. The van der Waals surface area contributed by atoms with Gasteiger partial charge in [-0.3, -0.25) is 11.3 Å². The SMILES string of the molecule is Cc1ccc(CC(NN)c2cnsn2)cc1. The first-order chi connectivity index (χ1) is 7.79. The fourth-order valence-electron chi connectivity index (χ4n) is 1.53. The molecule has 2 rings (SSSR count). The van der Waals surface area contributed by atoms with E-state index < -0.39 is 0 Å². The Labute approximate surface area is 98.8 Å². The summed E-state index contributed by atoms with van der Waals surface area (Å²) < 4.78 is 8.17. The van der Waals surface area contributed by atoms with Crippen LogP contribution in [-0.2, 0) is 6.42 Å². The first-order valence-corrected chi connectivity index (χ1v) is 5.82. The minimum absolute atomic E-state index is 0.0291. The van der Waals surface area contributed by atoms with Crippen LogP contribution in [0.2, 0.25) is 0 Å². The molecule has 1 aromatic heterocycles. The second kappa shape index (κ2) is 5.16. The quantitative estimate of drug-likeness (QED) is 0.623. The van der Waals surface area contributed by atoms with Crippen LogP contribution in [0.1, 0.15) is 22.9 Å². The average molecular weight is 234 g/mol. The maximum atomic E-state index is 5.53. The average Bonchev–Trinajstić information content (AvgIpc) is 2.82. The molecule has 0 saturated heterocycles. The number of aromatic nitrogens is 2. The number of nitrogens with two attached hydrogens (primary N) is 1. The third-order valence-corrected chi connectivity index (χ3v) is 2.99. The zero-order valence-electron chi connectivity index (χ0n) is 9.05. The molecule has 2 aromatic rings. The van der Waals surface area contributed by atoms with Gasteiger partial charge in [0.2, 0.25) is 0 Å². The van der Waals surface area contributed by atoms with Gasteiger partial charge >= 0.3 is 0 Å². The molecule has 3 N–H and O–H groups in total. The van der Waals surface area contributed by atoms with Crippen molar-refractivity contribution in [3.8, 4) is 0 Å². The van der Waals surface area contributed by atoms with E-state index in [1.807, 2.05) is 0 Å². The van der Waals surface area contributed by atoms with Crippen LogP contribution in [0.15, 0.2) is 30.5 Å². The lowest BCUT2D eigenvalue weighted by Crippen LogP contribution is -2.29. The van der Waals surface area contributed by atoms with Crippen LogP contribution in [0.5, 0.6) is 0 Å². The van der Waals surface area contributed by atoms with Crippen LogP contribution >= 0.6 is 11.7 Å². The third kappa shape index (κ3) is 2.63. The predicted octanol–water partition coefficient (Wildman–Crippen LogP) is 1.59. The van der Waals surface area contributed by atoms with Gasteiger partial charge in [0.25, 0.3) is 0 Å². The molecule has 0 aliphatic carbocycles. The summed E-state index contributed by atoms with van der Waals surface area (Å²) in [6, 6.07) is 8.45. The van der Waals surface area contributed by atoms with Crippen molar-refractivity contribution in [2.45, 2.75) is 19.4 Å². The van der Waals surface area contributed by atoms with Gasteiger partial charge in [0.15, 0.2) is 0 Å². The number of rotatable bonds is 4. The molecule has 4 nitrogen and oxygen atoms in total. The number of aryl methyl sites for hydroxylation is 1. The first-order valence-electron chi connectivity index (χ1n) is 5.08. The molecule has 0 fully saturated rings. The van der Waals surface area contributed by atoms with Crippen molar-refractivity contribution < 1.29 is 0 Å². The van der Waals surface area contributed by atoms with Crippen molar-refractivity contribution in [2.75, 3.05) is 0 Å². The topological polar surface area (TPSA) is 63.8 Å². The van der Waals surface area contributed by atoms with Gasteiger partial charge in [-0.15, -0.1) is 0 Å². The Bertz CT molecular complexity index is 424. The lowest BCUT2D eigenvalue weighted by atomic mass is 10.0. The summed E-state index contributed by atoms with van der Waals surface area (Å²) in [5.41, 5.74) is 6.17. The Morgan fingerprint density at radius 2 is 2.12 bits per heavy atom. The van der Waals surface area contributed by atoms with Gasteiger partial charge in [0.1, 0.15) is 0 Å². The number of hydrogen-bond donors (Lipinski definition) is 2. The molecule has 1 atom stereocenters. The molecule has 0 aliphatic rings. The number of benzene rings is 1. The smallest absolute Gasteiger partial charge is 0.0929 e. The zero-order valence-corrected chi connectivity index (χ0v) is 9.87. The highest BCUT2D eigenvalue weighted by Crippen LogP contribution is 2.16. The van der Waals surface area contributed by atoms with Crippen molar-refractivity contribution in [2.24, 2.45) is 5.84 Å². The summed E-state index contributed by atoms with van der Waals surface area (Å²) in [5, 5.41) is 0. The molecule has 1 heterocycles. The normalized spacial score (nSPS) is 12.6. The molecule has 0 spiro atoms. The molecule has 0 radical (unpaired) electrons. The van der Waals surface area contributed by atoms with Gasteiger partial charge in [0, 0.05) is 0 Å². The Hall–Kier alpha value is -1.30.